The van der Waals surface area contributed by atoms with Crippen molar-refractivity contribution in [2.24, 2.45) is 7.05 Å². The third kappa shape index (κ3) is 5.72. The topological polar surface area (TPSA) is 93.5 Å². The second-order valence-electron chi connectivity index (χ2n) is 9.20. The number of aryl methyl sites for hydroxylation is 1. The van der Waals surface area contributed by atoms with Crippen molar-refractivity contribution in [3.8, 4) is 16.9 Å². The number of alkyl halides is 3. The van der Waals surface area contributed by atoms with E-state index in [-0.39, 0.29) is 40.7 Å². The van der Waals surface area contributed by atoms with Crippen LogP contribution in [-0.4, -0.2) is 43.3 Å². The first-order chi connectivity index (χ1) is 19.3. The van der Waals surface area contributed by atoms with Gasteiger partial charge in [0.2, 0.25) is 0 Å². The van der Waals surface area contributed by atoms with Gasteiger partial charge in [-0.15, -0.1) is 0 Å². The number of benzene rings is 3. The Morgan fingerprint density at radius 1 is 1.15 bits per heavy atom. The van der Waals surface area contributed by atoms with Crippen molar-refractivity contribution in [2.45, 2.75) is 17.2 Å². The minimum atomic E-state index is -4.77. The Kier molecular flexibility index (Phi) is 7.43. The number of carbonyl (C=O) groups is 1. The van der Waals surface area contributed by atoms with Gasteiger partial charge in [-0.25, -0.2) is 12.8 Å². The number of hydrogen-bond acceptors (Lipinski definition) is 5. The molecule has 214 valence electrons. The molecular formula is C27H21ClF4N4O4S. The van der Waals surface area contributed by atoms with Crippen LogP contribution in [-0.2, 0) is 23.2 Å². The average Bonchev–Trinajstić information content (AvgIpc) is 3.38. The molecule has 0 aliphatic carbocycles. The van der Waals surface area contributed by atoms with E-state index in [9.17, 15) is 30.8 Å². The maximum atomic E-state index is 14.2. The normalized spacial score (nSPS) is 15.3. The summed E-state index contributed by atoms with van der Waals surface area (Å²) in [5, 5.41) is 6.40. The Labute approximate surface area is 237 Å². The molecule has 8 nitrogen and oxygen atoms in total. The van der Waals surface area contributed by atoms with Gasteiger partial charge in [-0.3, -0.25) is 13.8 Å². The zero-order valence-electron chi connectivity index (χ0n) is 21.2. The smallest absolute Gasteiger partial charge is 0.416 e. The predicted octanol–water partition coefficient (Wildman–Crippen LogP) is 5.28. The van der Waals surface area contributed by atoms with Crippen LogP contribution < -0.4 is 14.4 Å². The van der Waals surface area contributed by atoms with Crippen molar-refractivity contribution >= 4 is 33.2 Å². The molecule has 0 saturated heterocycles. The summed E-state index contributed by atoms with van der Waals surface area (Å²) in [6.45, 7) is -0.474. The van der Waals surface area contributed by atoms with E-state index in [0.717, 1.165) is 22.5 Å². The summed E-state index contributed by atoms with van der Waals surface area (Å²) in [7, 11) is -2.94. The fourth-order valence-corrected chi connectivity index (χ4v) is 6.13. The van der Waals surface area contributed by atoms with E-state index in [4.69, 9.17) is 16.3 Å². The van der Waals surface area contributed by atoms with E-state index in [1.807, 2.05) is 0 Å². The van der Waals surface area contributed by atoms with Crippen molar-refractivity contribution in [2.75, 3.05) is 17.4 Å². The third-order valence-corrected chi connectivity index (χ3v) is 8.52. The number of halogens is 5. The molecule has 1 atom stereocenters. The molecule has 5 rings (SSSR count). The van der Waals surface area contributed by atoms with Crippen LogP contribution in [0.15, 0.2) is 78.0 Å². The molecule has 1 aliphatic heterocycles. The van der Waals surface area contributed by atoms with Gasteiger partial charge in [0.05, 0.1) is 46.0 Å². The number of nitrogens with one attached hydrogen (secondary N) is 1. The SMILES string of the molecule is Cn1cc(C(=O)NC[C@H]2CN(S(=O)(=O)c3cccc(C(F)(F)F)c3)c3cc(-c4cccc(F)c4Cl)ccc3O2)cn1. The number of nitrogens with zero attached hydrogens (tertiary/aromatic N) is 3. The lowest BCUT2D eigenvalue weighted by molar-refractivity contribution is -0.137. The first-order valence-corrected chi connectivity index (χ1v) is 13.9. The number of fused-ring (bicyclic) bond motifs is 1. The van der Waals surface area contributed by atoms with E-state index in [0.29, 0.717) is 11.6 Å². The lowest BCUT2D eigenvalue weighted by Gasteiger charge is -2.36. The van der Waals surface area contributed by atoms with Crippen molar-refractivity contribution in [1.29, 1.82) is 0 Å². The Morgan fingerprint density at radius 3 is 2.61 bits per heavy atom. The van der Waals surface area contributed by atoms with Gasteiger partial charge in [-0.05, 0) is 42.0 Å². The van der Waals surface area contributed by atoms with Crippen LogP contribution in [0.2, 0.25) is 5.02 Å². The molecule has 0 fully saturated rings. The molecule has 0 spiro atoms. The van der Waals surface area contributed by atoms with Crippen LogP contribution >= 0.6 is 11.6 Å². The number of amides is 1. The highest BCUT2D eigenvalue weighted by atomic mass is 35.5. The van der Waals surface area contributed by atoms with Crippen molar-refractivity contribution < 1.29 is 35.5 Å². The number of hydrogen-bond donors (Lipinski definition) is 1. The third-order valence-electron chi connectivity index (χ3n) is 6.36. The van der Waals surface area contributed by atoms with Crippen LogP contribution in [0.1, 0.15) is 15.9 Å². The molecule has 0 unspecified atom stereocenters. The molecule has 3 aromatic carbocycles. The highest BCUT2D eigenvalue weighted by Crippen LogP contribution is 2.42. The van der Waals surface area contributed by atoms with E-state index in [1.165, 1.54) is 41.3 Å². The highest BCUT2D eigenvalue weighted by Gasteiger charge is 2.37. The number of rotatable bonds is 6. The fraction of sp³-hybridized carbons (Fsp3) is 0.185. The van der Waals surface area contributed by atoms with Crippen LogP contribution in [0.4, 0.5) is 23.2 Å². The quantitative estimate of drug-likeness (QED) is 0.301. The van der Waals surface area contributed by atoms with Crippen LogP contribution in [0.25, 0.3) is 11.1 Å². The van der Waals surface area contributed by atoms with Gasteiger partial charge in [-0.1, -0.05) is 35.9 Å². The number of carbonyl (C=O) groups excluding carboxylic acids is 1. The molecule has 0 saturated carbocycles. The van der Waals surface area contributed by atoms with Gasteiger partial charge in [0.15, 0.2) is 0 Å². The standard InChI is InChI=1S/C27H21ClF4N4O4S/c1-35-14-17(12-34-35)26(37)33-13-19-15-36(41(38,39)20-5-2-4-18(11-20)27(30,31)32)23-10-16(8-9-24(23)40-19)21-6-3-7-22(29)25(21)28/h2-12,14,19H,13,15H2,1H3,(H,33,37)/t19-/m0/s1. The minimum Gasteiger partial charge on any atom is -0.484 e. The summed E-state index contributed by atoms with van der Waals surface area (Å²) in [6, 6.07) is 11.9. The minimum absolute atomic E-state index is 0.00933. The van der Waals surface area contributed by atoms with E-state index in [2.05, 4.69) is 10.4 Å². The lowest BCUT2D eigenvalue weighted by atomic mass is 10.0. The van der Waals surface area contributed by atoms with Gasteiger partial charge in [0.1, 0.15) is 17.7 Å². The predicted molar refractivity (Wildman–Crippen MR) is 143 cm³/mol. The molecule has 14 heteroatoms. The molecule has 1 aliphatic rings. The van der Waals surface area contributed by atoms with Crippen molar-refractivity contribution in [3.63, 3.8) is 0 Å². The number of aromatic nitrogens is 2. The highest BCUT2D eigenvalue weighted by molar-refractivity contribution is 7.92. The average molecular weight is 609 g/mol. The number of anilines is 1. The molecule has 41 heavy (non-hydrogen) atoms. The molecule has 1 N–H and O–H groups in total. The summed E-state index contributed by atoms with van der Waals surface area (Å²) in [5.74, 6) is -1.07. The summed E-state index contributed by atoms with van der Waals surface area (Å²) in [6.07, 6.45) is -2.83. The van der Waals surface area contributed by atoms with Gasteiger partial charge < -0.3 is 10.1 Å². The van der Waals surface area contributed by atoms with Crippen molar-refractivity contribution in [1.82, 2.24) is 15.1 Å². The van der Waals surface area contributed by atoms with Crippen LogP contribution in [0.3, 0.4) is 0 Å². The summed E-state index contributed by atoms with van der Waals surface area (Å²) < 4.78 is 90.4. The summed E-state index contributed by atoms with van der Waals surface area (Å²) in [5.41, 5.74) is -0.224. The molecular weight excluding hydrogens is 588 g/mol. The van der Waals surface area contributed by atoms with Gasteiger partial charge in [0, 0.05) is 18.8 Å². The summed E-state index contributed by atoms with van der Waals surface area (Å²) in [4.78, 5) is 11.9. The first kappa shape index (κ1) is 28.4. The number of sulfonamides is 1. The molecule has 2 heterocycles. The fourth-order valence-electron chi connectivity index (χ4n) is 4.35. The molecule has 1 amide bonds. The first-order valence-electron chi connectivity index (χ1n) is 12.1. The van der Waals surface area contributed by atoms with Crippen LogP contribution in [0.5, 0.6) is 5.75 Å². The molecule has 4 aromatic rings. The largest absolute Gasteiger partial charge is 0.484 e. The zero-order valence-corrected chi connectivity index (χ0v) is 22.8. The van der Waals surface area contributed by atoms with E-state index in [1.54, 1.807) is 19.2 Å². The Balaban J connectivity index is 1.54. The van der Waals surface area contributed by atoms with Crippen molar-refractivity contribution in [3.05, 3.63) is 95.0 Å². The molecule has 1 aromatic heterocycles. The maximum absolute atomic E-state index is 14.2. The second-order valence-corrected chi connectivity index (χ2v) is 11.4. The van der Waals surface area contributed by atoms with Gasteiger partial charge >= 0.3 is 6.18 Å². The second kappa shape index (κ2) is 10.7. The molecule has 0 bridgehead atoms. The lowest BCUT2D eigenvalue weighted by Crippen LogP contribution is -2.48. The van der Waals surface area contributed by atoms with E-state index >= 15 is 0 Å². The molecule has 0 radical (unpaired) electrons. The summed E-state index contributed by atoms with van der Waals surface area (Å²) >= 11 is 6.15. The Morgan fingerprint density at radius 2 is 1.90 bits per heavy atom. The Bertz CT molecular complexity index is 1740. The maximum Gasteiger partial charge on any atom is 0.416 e. The Hall–Kier alpha value is -4.10. The van der Waals surface area contributed by atoms with Gasteiger partial charge in [0.25, 0.3) is 15.9 Å². The van der Waals surface area contributed by atoms with Gasteiger partial charge in [-0.2, -0.15) is 18.3 Å². The van der Waals surface area contributed by atoms with Crippen LogP contribution in [0, 0.1) is 5.82 Å². The monoisotopic (exact) mass is 608 g/mol. The van der Waals surface area contributed by atoms with E-state index < -0.39 is 44.5 Å². The zero-order chi connectivity index (χ0) is 29.5. The number of ether oxygens (including phenoxy) is 1.